The van der Waals surface area contributed by atoms with Crippen molar-refractivity contribution in [3.8, 4) is 11.5 Å². The van der Waals surface area contributed by atoms with Crippen LogP contribution in [0.15, 0.2) is 79.1 Å². The van der Waals surface area contributed by atoms with Crippen molar-refractivity contribution in [2.75, 3.05) is 30.2 Å². The number of pyridine rings is 2. The first kappa shape index (κ1) is 27.8. The van der Waals surface area contributed by atoms with E-state index in [0.717, 1.165) is 64.7 Å². The number of aryl methyl sites for hydroxylation is 1. The molecule has 0 radical (unpaired) electrons. The van der Waals surface area contributed by atoms with Crippen molar-refractivity contribution in [2.45, 2.75) is 52.2 Å². The molecular weight excluding hydrogens is 486 g/mol. The number of nitrogens with two attached hydrogens (primary N) is 1. The second-order valence-corrected chi connectivity index (χ2v) is 9.62. The summed E-state index contributed by atoms with van der Waals surface area (Å²) in [5.41, 5.74) is 12.8. The van der Waals surface area contributed by atoms with Crippen LogP contribution in [0.3, 0.4) is 0 Å². The minimum absolute atomic E-state index is 0.632. The maximum atomic E-state index is 6.85. The highest BCUT2D eigenvalue weighted by Gasteiger charge is 2.18. The zero-order chi connectivity index (χ0) is 27.5. The number of methoxy groups -OCH3 is 2. The molecule has 0 fully saturated rings. The first-order valence-electron chi connectivity index (χ1n) is 13.5. The average molecular weight is 526 g/mol. The molecule has 0 bridgehead atoms. The van der Waals surface area contributed by atoms with Crippen molar-refractivity contribution in [3.05, 3.63) is 102 Å². The van der Waals surface area contributed by atoms with E-state index in [1.54, 1.807) is 20.4 Å². The predicted molar refractivity (Wildman–Crippen MR) is 159 cm³/mol. The van der Waals surface area contributed by atoms with Gasteiger partial charge in [-0.15, -0.1) is 0 Å². The Balaban J connectivity index is 1.70. The number of benzene rings is 2. The highest BCUT2D eigenvalue weighted by atomic mass is 16.5. The van der Waals surface area contributed by atoms with E-state index >= 15 is 0 Å². The predicted octanol–water partition coefficient (Wildman–Crippen LogP) is 6.63. The number of unbranched alkanes of at least 4 members (excludes halogenated alkanes) is 2. The van der Waals surface area contributed by atoms with Crippen LogP contribution >= 0.6 is 0 Å². The highest BCUT2D eigenvalue weighted by Crippen LogP contribution is 2.33. The van der Waals surface area contributed by atoms with Gasteiger partial charge in [-0.25, -0.2) is 4.98 Å². The Hall–Kier alpha value is -4.26. The van der Waals surface area contributed by atoms with Crippen LogP contribution < -0.4 is 25.4 Å². The monoisotopic (exact) mass is 525 g/mol. The summed E-state index contributed by atoms with van der Waals surface area (Å²) in [4.78, 5) is 11.6. The maximum Gasteiger partial charge on any atom is 0.154 e. The van der Waals surface area contributed by atoms with Crippen LogP contribution in [0, 0.1) is 0 Å². The number of aromatic nitrogens is 2. The molecule has 0 saturated carbocycles. The van der Waals surface area contributed by atoms with Crippen LogP contribution in [0.1, 0.15) is 48.6 Å². The van der Waals surface area contributed by atoms with Crippen molar-refractivity contribution < 1.29 is 9.47 Å². The molecule has 0 spiro atoms. The number of ether oxygens (including phenoxy) is 2. The van der Waals surface area contributed by atoms with Gasteiger partial charge < -0.3 is 25.4 Å². The fourth-order valence-electron chi connectivity index (χ4n) is 4.47. The van der Waals surface area contributed by atoms with E-state index in [4.69, 9.17) is 20.2 Å². The van der Waals surface area contributed by atoms with E-state index in [1.807, 2.05) is 36.5 Å². The molecule has 0 unspecified atom stereocenters. The van der Waals surface area contributed by atoms with Gasteiger partial charge in [0.1, 0.15) is 11.5 Å². The molecule has 2 aromatic heterocycles. The summed E-state index contributed by atoms with van der Waals surface area (Å²) in [6.07, 6.45) is 7.97. The van der Waals surface area contributed by atoms with Gasteiger partial charge in [0, 0.05) is 37.7 Å². The van der Waals surface area contributed by atoms with Gasteiger partial charge in [0.25, 0.3) is 0 Å². The van der Waals surface area contributed by atoms with Gasteiger partial charge in [-0.2, -0.15) is 0 Å². The maximum absolute atomic E-state index is 6.85. The van der Waals surface area contributed by atoms with Gasteiger partial charge >= 0.3 is 0 Å². The second kappa shape index (κ2) is 14.0. The van der Waals surface area contributed by atoms with Crippen molar-refractivity contribution >= 4 is 17.2 Å². The molecule has 39 heavy (non-hydrogen) atoms. The molecule has 2 aromatic carbocycles. The third kappa shape index (κ3) is 7.87. The van der Waals surface area contributed by atoms with E-state index in [-0.39, 0.29) is 0 Å². The minimum Gasteiger partial charge on any atom is -0.497 e. The Morgan fingerprint density at radius 1 is 0.846 bits per heavy atom. The van der Waals surface area contributed by atoms with Gasteiger partial charge in [0.2, 0.25) is 0 Å². The van der Waals surface area contributed by atoms with Crippen molar-refractivity contribution in [3.63, 3.8) is 0 Å². The Kier molecular flexibility index (Phi) is 10.0. The summed E-state index contributed by atoms with van der Waals surface area (Å²) in [5, 5.41) is 3.55. The molecule has 7 heteroatoms. The standard InChI is InChI=1S/C32H39N5O2/c1-4-5-6-9-27-19-30(35-21-26-8-7-18-34-20-26)31(33)32(36-27)37(22-24-10-14-28(38-2)15-11-24)23-25-12-16-29(39-3)17-13-25/h7-8,10-20H,4-6,9,21-23,33H2,1-3H3,(H,35,36). The molecule has 0 aliphatic rings. The van der Waals surface area contributed by atoms with Gasteiger partial charge in [0.05, 0.1) is 25.6 Å². The molecule has 0 amide bonds. The number of hydrogen-bond acceptors (Lipinski definition) is 7. The molecule has 0 saturated heterocycles. The molecule has 0 aliphatic carbocycles. The van der Waals surface area contributed by atoms with Gasteiger partial charge in [-0.1, -0.05) is 50.1 Å². The molecule has 3 N–H and O–H groups in total. The smallest absolute Gasteiger partial charge is 0.154 e. The van der Waals surface area contributed by atoms with E-state index < -0.39 is 0 Å². The zero-order valence-electron chi connectivity index (χ0n) is 23.2. The summed E-state index contributed by atoms with van der Waals surface area (Å²) in [6.45, 7) is 4.14. The van der Waals surface area contributed by atoms with Gasteiger partial charge in [-0.05, 0) is 65.9 Å². The highest BCUT2D eigenvalue weighted by molar-refractivity contribution is 5.79. The third-order valence-corrected chi connectivity index (χ3v) is 6.70. The molecule has 7 nitrogen and oxygen atoms in total. The summed E-state index contributed by atoms with van der Waals surface area (Å²) >= 11 is 0. The lowest BCUT2D eigenvalue weighted by Gasteiger charge is -2.27. The van der Waals surface area contributed by atoms with E-state index in [2.05, 4.69) is 58.5 Å². The summed E-state index contributed by atoms with van der Waals surface area (Å²) in [5.74, 6) is 2.44. The van der Waals surface area contributed by atoms with Crippen LogP contribution in [-0.2, 0) is 26.1 Å². The van der Waals surface area contributed by atoms with Crippen molar-refractivity contribution in [1.82, 2.24) is 9.97 Å². The Morgan fingerprint density at radius 2 is 1.49 bits per heavy atom. The van der Waals surface area contributed by atoms with Crippen LogP contribution in [0.2, 0.25) is 0 Å². The Morgan fingerprint density at radius 3 is 2.03 bits per heavy atom. The van der Waals surface area contributed by atoms with Crippen LogP contribution in [0.25, 0.3) is 0 Å². The van der Waals surface area contributed by atoms with Crippen LogP contribution in [0.4, 0.5) is 17.2 Å². The number of hydrogen-bond donors (Lipinski definition) is 2. The van der Waals surface area contributed by atoms with Crippen molar-refractivity contribution in [2.24, 2.45) is 0 Å². The number of rotatable bonds is 14. The summed E-state index contributed by atoms with van der Waals surface area (Å²) < 4.78 is 10.7. The lowest BCUT2D eigenvalue weighted by atomic mass is 10.1. The lowest BCUT2D eigenvalue weighted by molar-refractivity contribution is 0.414. The molecule has 0 aliphatic heterocycles. The molecule has 0 atom stereocenters. The normalized spacial score (nSPS) is 10.7. The minimum atomic E-state index is 0.632. The Bertz CT molecular complexity index is 1250. The Labute approximate surface area is 232 Å². The number of anilines is 3. The van der Waals surface area contributed by atoms with E-state index in [0.29, 0.717) is 25.3 Å². The first-order chi connectivity index (χ1) is 19.1. The SMILES string of the molecule is CCCCCc1cc(NCc2cccnc2)c(N)c(N(Cc2ccc(OC)cc2)Cc2ccc(OC)cc2)n1. The molecule has 4 aromatic rings. The summed E-state index contributed by atoms with van der Waals surface area (Å²) in [6, 6.07) is 22.4. The fraction of sp³-hybridized carbons (Fsp3) is 0.312. The lowest BCUT2D eigenvalue weighted by Crippen LogP contribution is -2.25. The van der Waals surface area contributed by atoms with Crippen LogP contribution in [0.5, 0.6) is 11.5 Å². The summed E-state index contributed by atoms with van der Waals surface area (Å²) in [7, 11) is 3.36. The number of nitrogens with one attached hydrogen (secondary N) is 1. The van der Waals surface area contributed by atoms with Gasteiger partial charge in [-0.3, -0.25) is 4.98 Å². The molecule has 4 rings (SSSR count). The van der Waals surface area contributed by atoms with Crippen molar-refractivity contribution in [1.29, 1.82) is 0 Å². The second-order valence-electron chi connectivity index (χ2n) is 9.62. The molecular formula is C32H39N5O2. The largest absolute Gasteiger partial charge is 0.497 e. The molecule has 204 valence electrons. The topological polar surface area (TPSA) is 85.5 Å². The third-order valence-electron chi connectivity index (χ3n) is 6.70. The quantitative estimate of drug-likeness (QED) is 0.179. The van der Waals surface area contributed by atoms with Crippen LogP contribution in [-0.4, -0.2) is 24.2 Å². The zero-order valence-corrected chi connectivity index (χ0v) is 23.2. The number of nitrogens with zero attached hydrogens (tertiary/aromatic N) is 3. The first-order valence-corrected chi connectivity index (χ1v) is 13.5. The van der Waals surface area contributed by atoms with Gasteiger partial charge in [0.15, 0.2) is 5.82 Å². The van der Waals surface area contributed by atoms with E-state index in [9.17, 15) is 0 Å². The number of nitrogen functional groups attached to an aromatic ring is 1. The fourth-order valence-corrected chi connectivity index (χ4v) is 4.47. The van der Waals surface area contributed by atoms with E-state index in [1.165, 1.54) is 6.42 Å². The average Bonchev–Trinajstić information content (AvgIpc) is 2.98. The molecule has 2 heterocycles.